The van der Waals surface area contributed by atoms with E-state index in [1.54, 1.807) is 0 Å². The van der Waals surface area contributed by atoms with Crippen LogP contribution in [0.2, 0.25) is 0 Å². The van der Waals surface area contributed by atoms with Crippen molar-refractivity contribution in [2.24, 2.45) is 0 Å². The van der Waals surface area contributed by atoms with Crippen LogP contribution in [0.25, 0.3) is 51.1 Å². The smallest absolute Gasteiger partial charge is 0.164 e. The van der Waals surface area contributed by atoms with E-state index in [1.807, 2.05) is 85.0 Å². The van der Waals surface area contributed by atoms with Gasteiger partial charge < -0.3 is 9.80 Å². The molecular weight excluding hydrogens is 785 g/mol. The third-order valence-corrected chi connectivity index (χ3v) is 11.9. The molecule has 0 radical (unpaired) electrons. The Morgan fingerprint density at radius 1 is 0.453 bits per heavy atom. The zero-order valence-corrected chi connectivity index (χ0v) is 35.2. The number of hydrogen-bond acceptors (Lipinski definition) is 8. The quantitative estimate of drug-likeness (QED) is 0.150. The van der Waals surface area contributed by atoms with Gasteiger partial charge in [0.25, 0.3) is 0 Å². The molecule has 3 heterocycles. The largest absolute Gasteiger partial charge is 0.329 e. The molecule has 0 spiro atoms. The monoisotopic (exact) mass is 828 g/mol. The van der Waals surface area contributed by atoms with Gasteiger partial charge in [-0.1, -0.05) is 140 Å². The number of hydrogen-bond donors (Lipinski definition) is 0. The molecule has 0 amide bonds. The van der Waals surface area contributed by atoms with Crippen molar-refractivity contribution >= 4 is 16.9 Å². The van der Waals surface area contributed by atoms with E-state index in [9.17, 15) is 0 Å². The summed E-state index contributed by atoms with van der Waals surface area (Å²) in [6, 6.07) is 37.6. The highest BCUT2D eigenvalue weighted by Gasteiger charge is 2.31. The number of benzene rings is 4. The summed E-state index contributed by atoms with van der Waals surface area (Å²) < 4.78 is 0. The molecular formula is C56H44N8. The lowest BCUT2D eigenvalue weighted by Crippen LogP contribution is -2.32. The molecule has 11 rings (SSSR count). The van der Waals surface area contributed by atoms with Crippen molar-refractivity contribution in [1.82, 2.24) is 29.9 Å². The second-order valence-corrected chi connectivity index (χ2v) is 16.1. The summed E-state index contributed by atoms with van der Waals surface area (Å²) in [6.45, 7) is 0. The molecule has 1 unspecified atom stereocenters. The number of allylic oxidation sites excluding steroid dienone is 16. The number of rotatable bonds is 8. The van der Waals surface area contributed by atoms with E-state index < -0.39 is 0 Å². The Bertz CT molecular complexity index is 3020. The number of aromatic nitrogens is 6. The van der Waals surface area contributed by atoms with Crippen LogP contribution in [0.4, 0.5) is 11.4 Å². The van der Waals surface area contributed by atoms with Crippen LogP contribution >= 0.6 is 0 Å². The fourth-order valence-corrected chi connectivity index (χ4v) is 8.72. The van der Waals surface area contributed by atoms with Crippen LogP contribution in [0.15, 0.2) is 224 Å². The molecule has 308 valence electrons. The molecule has 1 aliphatic heterocycles. The normalized spacial score (nSPS) is 17.8. The van der Waals surface area contributed by atoms with E-state index in [2.05, 4.69) is 131 Å². The van der Waals surface area contributed by atoms with E-state index in [-0.39, 0.29) is 12.0 Å². The Morgan fingerprint density at radius 3 is 1.64 bits per heavy atom. The predicted octanol–water partition coefficient (Wildman–Crippen LogP) is 12.5. The summed E-state index contributed by atoms with van der Waals surface area (Å²) >= 11 is 0. The highest BCUT2D eigenvalue weighted by atomic mass is 15.2. The first-order valence-corrected chi connectivity index (χ1v) is 22.0. The number of nitrogens with zero attached hydrogens (tertiary/aromatic N) is 8. The van der Waals surface area contributed by atoms with Gasteiger partial charge in [0.15, 0.2) is 29.1 Å². The molecule has 0 saturated carbocycles. The van der Waals surface area contributed by atoms with Crippen LogP contribution in [-0.2, 0) is 0 Å². The molecule has 6 aromatic rings. The first-order chi connectivity index (χ1) is 31.7. The Morgan fingerprint density at radius 2 is 1.02 bits per heavy atom. The highest BCUT2D eigenvalue weighted by Crippen LogP contribution is 2.41. The maximum atomic E-state index is 5.05. The maximum Gasteiger partial charge on any atom is 0.164 e. The number of fused-ring (bicyclic) bond motifs is 1. The van der Waals surface area contributed by atoms with Crippen molar-refractivity contribution in [2.45, 2.75) is 37.6 Å². The standard InChI is InChI=1S/C56H44N8/c1-2-7-19-39(18-6-1)51-57-52(40-20-8-3-9-21-40)60-55(59-51)43-30-34-45(35-31-43)63-47-26-14-15-27-48(38-47)64(50-29-17-16-28-49(50)63)46-36-32-44(33-37-46)56-61-53(41-22-10-4-11-23-41)58-54(62-56)42-24-12-5-13-25-42/h1-4,6-12,14-16,18-28,30-39,47H,5,13,17,29H2. The Balaban J connectivity index is 0.952. The van der Waals surface area contributed by atoms with Crippen LogP contribution in [0.3, 0.4) is 0 Å². The van der Waals surface area contributed by atoms with Crippen LogP contribution in [0.5, 0.6) is 0 Å². The zero-order chi connectivity index (χ0) is 42.7. The zero-order valence-electron chi connectivity index (χ0n) is 35.2. The molecule has 8 nitrogen and oxygen atoms in total. The SMILES string of the molecule is C1=CC=CC(c2nc(-c3ccccc3)nc(-c3ccc(N4C5=C(CCC=C5)N(c5ccc(-c6nc(C7=CCCC=C7)nc(-c7ccccc7)n6)cc5)C5=CC4C=CC=C5)cc3)n2)C=C1. The van der Waals surface area contributed by atoms with Gasteiger partial charge in [-0.25, -0.2) is 29.9 Å². The molecule has 2 bridgehead atoms. The van der Waals surface area contributed by atoms with Crippen LogP contribution in [0, 0.1) is 0 Å². The Labute approximate surface area is 373 Å². The van der Waals surface area contributed by atoms with Crippen molar-refractivity contribution in [3.8, 4) is 45.6 Å². The lowest BCUT2D eigenvalue weighted by molar-refractivity contribution is 0.844. The summed E-state index contributed by atoms with van der Waals surface area (Å²) in [6.07, 6.45) is 38.5. The molecule has 8 heteroatoms. The van der Waals surface area contributed by atoms with Gasteiger partial charge in [-0.15, -0.1) is 0 Å². The fourth-order valence-electron chi connectivity index (χ4n) is 8.72. The summed E-state index contributed by atoms with van der Waals surface area (Å²) in [5.74, 6) is 3.96. The first-order valence-electron chi connectivity index (χ1n) is 22.0. The predicted molar refractivity (Wildman–Crippen MR) is 258 cm³/mol. The maximum absolute atomic E-state index is 5.05. The topological polar surface area (TPSA) is 83.8 Å². The molecule has 4 aromatic carbocycles. The van der Waals surface area contributed by atoms with Crippen LogP contribution in [-0.4, -0.2) is 35.9 Å². The minimum Gasteiger partial charge on any atom is -0.329 e. The van der Waals surface area contributed by atoms with Crippen LogP contribution in [0.1, 0.15) is 43.3 Å². The van der Waals surface area contributed by atoms with Gasteiger partial charge in [-0.2, -0.15) is 0 Å². The molecule has 0 fully saturated rings. The molecule has 0 N–H and O–H groups in total. The van der Waals surface area contributed by atoms with Gasteiger partial charge in [0, 0.05) is 50.6 Å². The first kappa shape index (κ1) is 38.8. The van der Waals surface area contributed by atoms with Gasteiger partial charge in [0.1, 0.15) is 5.82 Å². The van der Waals surface area contributed by atoms with E-state index in [4.69, 9.17) is 29.9 Å². The minimum atomic E-state index is -0.0686. The van der Waals surface area contributed by atoms with Crippen molar-refractivity contribution in [3.05, 3.63) is 235 Å². The molecule has 5 aliphatic rings. The molecule has 0 saturated heterocycles. The van der Waals surface area contributed by atoms with Gasteiger partial charge in [-0.3, -0.25) is 0 Å². The Kier molecular flexibility index (Phi) is 10.5. The van der Waals surface area contributed by atoms with E-state index >= 15 is 0 Å². The van der Waals surface area contributed by atoms with E-state index in [1.165, 1.54) is 5.70 Å². The minimum absolute atomic E-state index is 0.0352. The molecule has 64 heavy (non-hydrogen) atoms. The van der Waals surface area contributed by atoms with Gasteiger partial charge in [0.05, 0.1) is 17.7 Å². The van der Waals surface area contributed by atoms with Gasteiger partial charge in [-0.05, 0) is 92.4 Å². The van der Waals surface area contributed by atoms with E-state index in [0.717, 1.165) is 76.3 Å². The third kappa shape index (κ3) is 7.82. The van der Waals surface area contributed by atoms with Crippen LogP contribution < -0.4 is 9.80 Å². The molecule has 2 aromatic heterocycles. The summed E-state index contributed by atoms with van der Waals surface area (Å²) in [7, 11) is 0. The summed E-state index contributed by atoms with van der Waals surface area (Å²) in [4.78, 5) is 34.9. The van der Waals surface area contributed by atoms with Crippen molar-refractivity contribution in [2.75, 3.05) is 9.80 Å². The van der Waals surface area contributed by atoms with E-state index in [0.29, 0.717) is 34.9 Å². The average molecular weight is 829 g/mol. The van der Waals surface area contributed by atoms with Crippen molar-refractivity contribution in [3.63, 3.8) is 0 Å². The fraction of sp³-hybridized carbons (Fsp3) is 0.107. The second-order valence-electron chi connectivity index (χ2n) is 16.1. The Hall–Kier alpha value is -8.10. The highest BCUT2D eigenvalue weighted by molar-refractivity contribution is 5.76. The third-order valence-electron chi connectivity index (χ3n) is 11.9. The molecule has 1 atom stereocenters. The van der Waals surface area contributed by atoms with Gasteiger partial charge in [0.2, 0.25) is 0 Å². The lowest BCUT2D eigenvalue weighted by Gasteiger charge is -2.35. The van der Waals surface area contributed by atoms with Crippen molar-refractivity contribution in [1.29, 1.82) is 0 Å². The van der Waals surface area contributed by atoms with Crippen molar-refractivity contribution < 1.29 is 0 Å². The number of anilines is 2. The lowest BCUT2D eigenvalue weighted by atomic mass is 10.0. The molecule has 4 aliphatic carbocycles. The second kappa shape index (κ2) is 17.3. The summed E-state index contributed by atoms with van der Waals surface area (Å²) in [5.41, 5.74) is 10.5. The van der Waals surface area contributed by atoms with Gasteiger partial charge >= 0.3 is 0 Å². The summed E-state index contributed by atoms with van der Waals surface area (Å²) in [5, 5.41) is 0. The average Bonchev–Trinajstić information content (AvgIpc) is 3.85.